The van der Waals surface area contributed by atoms with Gasteiger partial charge in [-0.05, 0) is 35.6 Å². The van der Waals surface area contributed by atoms with E-state index in [0.717, 1.165) is 16.9 Å². The van der Waals surface area contributed by atoms with Crippen LogP contribution < -0.4 is 14.8 Å². The highest BCUT2D eigenvalue weighted by atomic mass is 32.1. The molecule has 1 heterocycles. The van der Waals surface area contributed by atoms with Crippen molar-refractivity contribution in [3.8, 4) is 11.5 Å². The van der Waals surface area contributed by atoms with Gasteiger partial charge in [-0.2, -0.15) is 0 Å². The maximum Gasteiger partial charge on any atom is 0.348 e. The molecule has 1 aromatic carbocycles. The molecule has 0 aliphatic rings. The van der Waals surface area contributed by atoms with Crippen molar-refractivity contribution in [1.82, 2.24) is 0 Å². The molecule has 0 spiro atoms. The zero-order chi connectivity index (χ0) is 20.7. The minimum Gasteiger partial charge on any atom is -0.493 e. The van der Waals surface area contributed by atoms with Gasteiger partial charge in [0.05, 0.1) is 12.8 Å². The van der Waals surface area contributed by atoms with Crippen molar-refractivity contribution >= 4 is 40.9 Å². The average molecular weight is 401 g/mol. The Kier molecular flexibility index (Phi) is 7.11. The Morgan fingerprint density at radius 1 is 1.18 bits per heavy atom. The molecule has 2 aromatic rings. The van der Waals surface area contributed by atoms with E-state index < -0.39 is 17.8 Å². The van der Waals surface area contributed by atoms with Crippen molar-refractivity contribution in [3.63, 3.8) is 0 Å². The van der Waals surface area contributed by atoms with Gasteiger partial charge in [0, 0.05) is 13.0 Å². The maximum atomic E-state index is 12.0. The molecule has 1 aromatic heterocycles. The summed E-state index contributed by atoms with van der Waals surface area (Å²) in [5.41, 5.74) is 1.78. The number of rotatable bonds is 7. The second-order valence-corrected chi connectivity index (χ2v) is 6.52. The number of anilines is 1. The highest BCUT2D eigenvalue weighted by Crippen LogP contribution is 2.29. The molecular weight excluding hydrogens is 382 g/mol. The van der Waals surface area contributed by atoms with Crippen molar-refractivity contribution < 1.29 is 29.0 Å². The number of amides is 1. The Morgan fingerprint density at radius 2 is 1.93 bits per heavy atom. The van der Waals surface area contributed by atoms with E-state index >= 15 is 0 Å². The number of carboxylic acids is 1. The van der Waals surface area contributed by atoms with Gasteiger partial charge in [-0.3, -0.25) is 9.59 Å². The quantitative estimate of drug-likeness (QED) is 0.316. The summed E-state index contributed by atoms with van der Waals surface area (Å²) in [6.45, 7) is 3.04. The molecule has 0 radical (unpaired) electrons. The van der Waals surface area contributed by atoms with E-state index in [9.17, 15) is 14.4 Å². The lowest BCUT2D eigenvalue weighted by molar-refractivity contribution is -0.132. The van der Waals surface area contributed by atoms with Gasteiger partial charge in [0.25, 0.3) is 0 Å². The Morgan fingerprint density at radius 3 is 2.57 bits per heavy atom. The number of methoxy groups -OCH3 is 1. The van der Waals surface area contributed by atoms with Crippen LogP contribution in [0.3, 0.4) is 0 Å². The van der Waals surface area contributed by atoms with E-state index in [1.165, 1.54) is 26.2 Å². The Labute approximate surface area is 165 Å². The fourth-order valence-electron chi connectivity index (χ4n) is 2.26. The number of benzene rings is 1. The SMILES string of the molecule is COc1cc(/C=C/C=C/C(=O)Nc2c(C)csc2C(=O)O)ccc1OC(C)=O. The molecule has 0 aliphatic heterocycles. The van der Waals surface area contributed by atoms with E-state index in [4.69, 9.17) is 14.6 Å². The third-order valence-electron chi connectivity index (χ3n) is 3.51. The van der Waals surface area contributed by atoms with Crippen LogP contribution in [0.15, 0.2) is 41.8 Å². The Bertz CT molecular complexity index is 958. The minimum absolute atomic E-state index is 0.0924. The summed E-state index contributed by atoms with van der Waals surface area (Å²) in [6.07, 6.45) is 6.22. The fraction of sp³-hybridized carbons (Fsp3) is 0.150. The summed E-state index contributed by atoms with van der Waals surface area (Å²) in [5.74, 6) is -1.22. The molecule has 0 fully saturated rings. The van der Waals surface area contributed by atoms with Crippen LogP contribution in [0.4, 0.5) is 5.69 Å². The molecule has 0 bridgehead atoms. The van der Waals surface area contributed by atoms with Crippen LogP contribution >= 0.6 is 11.3 Å². The van der Waals surface area contributed by atoms with E-state index in [1.807, 2.05) is 0 Å². The first kappa shape index (κ1) is 20.9. The highest BCUT2D eigenvalue weighted by molar-refractivity contribution is 7.12. The molecule has 7 nitrogen and oxygen atoms in total. The minimum atomic E-state index is -1.08. The lowest BCUT2D eigenvalue weighted by Crippen LogP contribution is -2.11. The normalized spacial score (nSPS) is 11.0. The predicted molar refractivity (Wildman–Crippen MR) is 107 cm³/mol. The van der Waals surface area contributed by atoms with Crippen molar-refractivity contribution in [3.05, 3.63) is 57.8 Å². The zero-order valence-corrected chi connectivity index (χ0v) is 16.3. The van der Waals surface area contributed by atoms with Crippen LogP contribution in [0.25, 0.3) is 6.08 Å². The molecule has 0 aliphatic carbocycles. The van der Waals surface area contributed by atoms with Crippen LogP contribution in [0, 0.1) is 6.92 Å². The van der Waals surface area contributed by atoms with Crippen LogP contribution in [-0.4, -0.2) is 30.1 Å². The Hall–Kier alpha value is -3.39. The Balaban J connectivity index is 2.03. The van der Waals surface area contributed by atoms with E-state index in [1.54, 1.807) is 42.7 Å². The predicted octanol–water partition coefficient (Wildman–Crippen LogP) is 3.90. The number of carbonyl (C=O) groups is 3. The third kappa shape index (κ3) is 5.55. The number of nitrogens with one attached hydrogen (secondary N) is 1. The molecule has 0 saturated carbocycles. The highest BCUT2D eigenvalue weighted by Gasteiger charge is 2.16. The van der Waals surface area contributed by atoms with Gasteiger partial charge in [0.1, 0.15) is 4.88 Å². The second kappa shape index (κ2) is 9.52. The molecule has 0 saturated heterocycles. The number of aryl methyl sites for hydroxylation is 1. The molecule has 0 unspecified atom stereocenters. The molecular formula is C20H19NO6S. The molecule has 0 atom stereocenters. The molecule has 146 valence electrons. The fourth-order valence-corrected chi connectivity index (χ4v) is 3.10. The molecule has 2 N–H and O–H groups in total. The summed E-state index contributed by atoms with van der Waals surface area (Å²) in [5, 5.41) is 13.4. The zero-order valence-electron chi connectivity index (χ0n) is 15.5. The number of aromatic carboxylic acids is 1. The van der Waals surface area contributed by atoms with Crippen molar-refractivity contribution in [2.45, 2.75) is 13.8 Å². The van der Waals surface area contributed by atoms with Gasteiger partial charge >= 0.3 is 11.9 Å². The van der Waals surface area contributed by atoms with Gasteiger partial charge in [-0.15, -0.1) is 11.3 Å². The summed E-state index contributed by atoms with van der Waals surface area (Å²) in [6, 6.07) is 5.04. The van der Waals surface area contributed by atoms with E-state index in [2.05, 4.69) is 5.32 Å². The summed E-state index contributed by atoms with van der Waals surface area (Å²) < 4.78 is 10.2. The number of hydrogen-bond donors (Lipinski definition) is 2. The van der Waals surface area contributed by atoms with Gasteiger partial charge in [-0.1, -0.05) is 24.3 Å². The van der Waals surface area contributed by atoms with Crippen LogP contribution in [0.5, 0.6) is 11.5 Å². The first-order valence-corrected chi connectivity index (χ1v) is 9.03. The van der Waals surface area contributed by atoms with Gasteiger partial charge in [0.15, 0.2) is 11.5 Å². The first-order chi connectivity index (χ1) is 13.3. The van der Waals surface area contributed by atoms with E-state index in [0.29, 0.717) is 22.7 Å². The standard InChI is InChI=1S/C20H19NO6S/c1-12-11-28-19(20(24)25)18(12)21-17(23)7-5-4-6-14-8-9-15(27-13(2)22)16(10-14)26-3/h4-11H,1-3H3,(H,21,23)(H,24,25)/b6-4+,7-5+. The van der Waals surface area contributed by atoms with Gasteiger partial charge in [0.2, 0.25) is 5.91 Å². The largest absolute Gasteiger partial charge is 0.493 e. The smallest absolute Gasteiger partial charge is 0.348 e. The molecule has 28 heavy (non-hydrogen) atoms. The molecule has 1 amide bonds. The van der Waals surface area contributed by atoms with Crippen molar-refractivity contribution in [2.75, 3.05) is 12.4 Å². The average Bonchev–Trinajstić information content (AvgIpc) is 3.00. The monoisotopic (exact) mass is 401 g/mol. The summed E-state index contributed by atoms with van der Waals surface area (Å²) >= 11 is 1.06. The molecule has 2 rings (SSSR count). The van der Waals surface area contributed by atoms with Crippen molar-refractivity contribution in [2.24, 2.45) is 0 Å². The second-order valence-electron chi connectivity index (χ2n) is 5.64. The van der Waals surface area contributed by atoms with Crippen LogP contribution in [0.1, 0.15) is 27.7 Å². The number of carboxylic acid groups (broad SMARTS) is 1. The lowest BCUT2D eigenvalue weighted by atomic mass is 10.2. The molecule has 8 heteroatoms. The topological polar surface area (TPSA) is 102 Å². The van der Waals surface area contributed by atoms with Crippen molar-refractivity contribution in [1.29, 1.82) is 0 Å². The van der Waals surface area contributed by atoms with E-state index in [-0.39, 0.29) is 4.88 Å². The van der Waals surface area contributed by atoms with Crippen LogP contribution in [-0.2, 0) is 9.59 Å². The number of ether oxygens (including phenoxy) is 2. The summed E-state index contributed by atoms with van der Waals surface area (Å²) in [7, 11) is 1.47. The van der Waals surface area contributed by atoms with Gasteiger partial charge < -0.3 is 19.9 Å². The van der Waals surface area contributed by atoms with Crippen LogP contribution in [0.2, 0.25) is 0 Å². The number of carbonyl (C=O) groups excluding carboxylic acids is 2. The number of esters is 1. The maximum absolute atomic E-state index is 12.0. The lowest BCUT2D eigenvalue weighted by Gasteiger charge is -2.08. The number of thiophene rings is 1. The van der Waals surface area contributed by atoms with Gasteiger partial charge in [-0.25, -0.2) is 4.79 Å². The summed E-state index contributed by atoms with van der Waals surface area (Å²) in [4.78, 5) is 34.3. The number of allylic oxidation sites excluding steroid dienone is 2. The third-order valence-corrected chi connectivity index (χ3v) is 4.59. The first-order valence-electron chi connectivity index (χ1n) is 8.15. The number of hydrogen-bond acceptors (Lipinski definition) is 6.